The molecule has 436 valence electrons. The summed E-state index contributed by atoms with van der Waals surface area (Å²) < 4.78 is 2.20. The molecule has 89 heavy (non-hydrogen) atoms. The van der Waals surface area contributed by atoms with Crippen LogP contribution in [-0.2, 0) is 15.6 Å². The molecule has 0 radical (unpaired) electrons. The number of rotatable bonds is 10. The Balaban J connectivity index is 0.000000154. The quantitative estimate of drug-likeness (QED) is 0.0784. The topological polar surface area (TPSA) is 164 Å². The lowest BCUT2D eigenvalue weighted by atomic mass is 9.73. The van der Waals surface area contributed by atoms with Gasteiger partial charge in [0.2, 0.25) is 0 Å². The van der Waals surface area contributed by atoms with Gasteiger partial charge in [0, 0.05) is 70.7 Å². The van der Waals surface area contributed by atoms with E-state index >= 15 is 0 Å². The Morgan fingerprint density at radius 2 is 0.764 bits per heavy atom. The minimum absolute atomic E-state index is 0.0492. The van der Waals surface area contributed by atoms with Gasteiger partial charge >= 0.3 is 0 Å². The number of carbonyl (C=O) groups excluding carboxylic acids is 3. The Morgan fingerprint density at radius 1 is 0.404 bits per heavy atom. The lowest BCUT2D eigenvalue weighted by Gasteiger charge is -2.42. The SMILES string of the molecule is CC(=O)O.CC1(C)c2ccccc2N(c2ccc(-c3nc(-c4ccccn4)c(-c4ccccn4)n3-c3ccccc3)cc2)c2ccccc21.CC1(C)c2ccccc2N(c2ccc(C=O)cc2)c2ccccc21.O=C(C(=O)c1ccccn1)c1ccccn1. The van der Waals surface area contributed by atoms with Crippen LogP contribution >= 0.6 is 0 Å². The maximum atomic E-state index is 11.7. The third kappa shape index (κ3) is 12.2. The summed E-state index contributed by atoms with van der Waals surface area (Å²) in [6.07, 6.45) is 7.45. The summed E-state index contributed by atoms with van der Waals surface area (Å²) in [6, 6.07) is 83.0. The summed E-state index contributed by atoms with van der Waals surface area (Å²) in [5, 5.41) is 7.42. The van der Waals surface area contributed by atoms with Crippen LogP contribution in [0.3, 0.4) is 0 Å². The number of carboxylic acids is 1. The highest BCUT2D eigenvalue weighted by atomic mass is 16.4. The Labute approximate surface area is 517 Å². The number of fused-ring (bicyclic) bond motifs is 4. The molecule has 0 amide bonds. The number of ketones is 2. The van der Waals surface area contributed by atoms with Crippen molar-refractivity contribution in [3.8, 4) is 39.9 Å². The normalized spacial score (nSPS) is 12.7. The van der Waals surface area contributed by atoms with E-state index < -0.39 is 17.5 Å². The predicted octanol–water partition coefficient (Wildman–Crippen LogP) is 17.0. The fourth-order valence-corrected chi connectivity index (χ4v) is 11.4. The average Bonchev–Trinajstić information content (AvgIpc) is 1.22. The number of carbonyl (C=O) groups is 4. The molecule has 2 aliphatic heterocycles. The number of carboxylic acid groups (broad SMARTS) is 1. The average molecular weight is 1170 g/mol. The first-order chi connectivity index (χ1) is 43.3. The summed E-state index contributed by atoms with van der Waals surface area (Å²) in [6.45, 7) is 10.3. The lowest BCUT2D eigenvalue weighted by Crippen LogP contribution is -2.30. The Hall–Kier alpha value is -11.6. The maximum Gasteiger partial charge on any atom is 0.300 e. The van der Waals surface area contributed by atoms with Gasteiger partial charge in [0.15, 0.2) is 0 Å². The minimum Gasteiger partial charge on any atom is -0.481 e. The fourth-order valence-electron chi connectivity index (χ4n) is 11.4. The Morgan fingerprint density at radius 3 is 1.15 bits per heavy atom. The van der Waals surface area contributed by atoms with E-state index in [2.05, 4.69) is 198 Å². The van der Waals surface area contributed by atoms with Gasteiger partial charge in [-0.1, -0.05) is 143 Å². The van der Waals surface area contributed by atoms with Crippen LogP contribution in [0.5, 0.6) is 0 Å². The van der Waals surface area contributed by atoms with Gasteiger partial charge in [-0.3, -0.25) is 43.7 Å². The molecule has 0 saturated carbocycles. The molecule has 7 heterocycles. The molecule has 0 fully saturated rings. The van der Waals surface area contributed by atoms with Gasteiger partial charge in [0.25, 0.3) is 17.5 Å². The van der Waals surface area contributed by atoms with Crippen LogP contribution in [0.15, 0.2) is 274 Å². The maximum absolute atomic E-state index is 11.7. The number of imidazole rings is 1. The molecule has 1 N–H and O–H groups in total. The van der Waals surface area contributed by atoms with Gasteiger partial charge in [0.1, 0.15) is 34.9 Å². The molecule has 5 aromatic heterocycles. The largest absolute Gasteiger partial charge is 0.481 e. The molecule has 2 aliphatic rings. The third-order valence-corrected chi connectivity index (χ3v) is 15.7. The number of benzene rings is 7. The Bertz CT molecular complexity index is 4310. The number of nitrogens with zero attached hydrogens (tertiary/aromatic N) is 8. The highest BCUT2D eigenvalue weighted by Crippen LogP contribution is 2.53. The molecule has 0 unspecified atom stereocenters. The highest BCUT2D eigenvalue weighted by Gasteiger charge is 2.38. The van der Waals surface area contributed by atoms with E-state index in [1.54, 1.807) is 24.3 Å². The number of aromatic nitrogens is 6. The fraction of sp³-hybridized carbons (Fsp3) is 0.0921. The number of anilines is 6. The number of pyridine rings is 4. The molecule has 0 aliphatic carbocycles. The first-order valence-corrected chi connectivity index (χ1v) is 29.0. The van der Waals surface area contributed by atoms with Crippen LogP contribution in [-0.4, -0.2) is 58.4 Å². The second-order valence-electron chi connectivity index (χ2n) is 22.1. The van der Waals surface area contributed by atoms with Crippen molar-refractivity contribution in [1.82, 2.24) is 29.5 Å². The van der Waals surface area contributed by atoms with Crippen molar-refractivity contribution < 1.29 is 24.3 Å². The number of Topliss-reactive ketones (excluding diaryl/α,β-unsaturated/α-hetero) is 2. The van der Waals surface area contributed by atoms with E-state index in [0.717, 1.165) is 64.4 Å². The van der Waals surface area contributed by atoms with Gasteiger partial charge in [-0.05, 0) is 156 Å². The second kappa shape index (κ2) is 26.0. The zero-order valence-electron chi connectivity index (χ0n) is 49.7. The van der Waals surface area contributed by atoms with Crippen molar-refractivity contribution in [2.24, 2.45) is 0 Å². The molecule has 12 aromatic rings. The van der Waals surface area contributed by atoms with Gasteiger partial charge in [-0.25, -0.2) is 4.98 Å². The standard InChI is InChI=1S/C40H31N5.C22H19NO.C12H8N2O2.C2H4O2/c1-40(2)31-16-6-8-20-35(31)44(36-21-9-7-17-32(36)40)30-24-22-28(23-25-30)39-43-37(33-18-10-12-26-41-33)38(34-19-11-13-27-42-34)45(39)29-14-4-3-5-15-29;1-22(2)18-7-3-5-9-20(18)23(21-10-6-4-8-19(21)22)17-13-11-16(15-24)12-14-17;15-11(9-5-1-3-7-13-9)12(16)10-6-2-4-8-14-10;1-2(3)4/h3-27H,1-2H3;3-15H,1-2H3;1-8H;1H3,(H,3,4). The summed E-state index contributed by atoms with van der Waals surface area (Å²) in [7, 11) is 0. The summed E-state index contributed by atoms with van der Waals surface area (Å²) >= 11 is 0. The number of hydrogen-bond donors (Lipinski definition) is 1. The number of hydrogen-bond acceptors (Lipinski definition) is 11. The molecule has 13 heteroatoms. The van der Waals surface area contributed by atoms with Gasteiger partial charge in [-0.2, -0.15) is 0 Å². The second-order valence-corrected chi connectivity index (χ2v) is 22.1. The van der Waals surface area contributed by atoms with Gasteiger partial charge in [0.05, 0.1) is 34.1 Å². The first-order valence-electron chi connectivity index (χ1n) is 29.0. The van der Waals surface area contributed by atoms with E-state index in [-0.39, 0.29) is 22.2 Å². The number of aldehydes is 1. The predicted molar refractivity (Wildman–Crippen MR) is 351 cm³/mol. The Kier molecular flexibility index (Phi) is 17.3. The van der Waals surface area contributed by atoms with Crippen molar-refractivity contribution in [3.63, 3.8) is 0 Å². The number of aliphatic carboxylic acids is 1. The zero-order chi connectivity index (χ0) is 62.1. The van der Waals surface area contributed by atoms with E-state index in [0.29, 0.717) is 5.56 Å². The molecule has 0 atom stereocenters. The van der Waals surface area contributed by atoms with Crippen molar-refractivity contribution in [3.05, 3.63) is 313 Å². The molecule has 13 nitrogen and oxygen atoms in total. The van der Waals surface area contributed by atoms with Gasteiger partial charge in [-0.15, -0.1) is 0 Å². The first kappa shape index (κ1) is 59.2. The molecule has 14 rings (SSSR count). The van der Waals surface area contributed by atoms with Crippen LogP contribution < -0.4 is 9.80 Å². The van der Waals surface area contributed by atoms with Crippen molar-refractivity contribution in [2.45, 2.75) is 45.4 Å². The van der Waals surface area contributed by atoms with E-state index in [4.69, 9.17) is 24.9 Å². The van der Waals surface area contributed by atoms with Crippen LogP contribution in [0.1, 0.15) is 88.2 Å². The molecule has 7 aromatic carbocycles. The van der Waals surface area contributed by atoms with Crippen LogP contribution in [0.25, 0.3) is 39.9 Å². The molecule has 0 saturated heterocycles. The van der Waals surface area contributed by atoms with E-state index in [9.17, 15) is 14.4 Å². The minimum atomic E-state index is -0.833. The summed E-state index contributed by atoms with van der Waals surface area (Å²) in [5.41, 5.74) is 18.4. The van der Waals surface area contributed by atoms with Crippen LogP contribution in [0, 0.1) is 0 Å². The molecule has 0 bridgehead atoms. The molecular weight excluding hydrogens is 1100 g/mol. The van der Waals surface area contributed by atoms with Crippen molar-refractivity contribution >= 4 is 57.9 Å². The van der Waals surface area contributed by atoms with Crippen molar-refractivity contribution in [1.29, 1.82) is 0 Å². The van der Waals surface area contributed by atoms with Crippen LogP contribution in [0.4, 0.5) is 34.1 Å². The van der Waals surface area contributed by atoms with Crippen LogP contribution in [0.2, 0.25) is 0 Å². The zero-order valence-corrected chi connectivity index (χ0v) is 49.7. The monoisotopic (exact) mass is 1170 g/mol. The van der Waals surface area contributed by atoms with E-state index in [1.165, 1.54) is 69.5 Å². The van der Waals surface area contributed by atoms with Crippen molar-refractivity contribution in [2.75, 3.05) is 9.80 Å². The highest BCUT2D eigenvalue weighted by molar-refractivity contribution is 6.48. The molecule has 0 spiro atoms. The van der Waals surface area contributed by atoms with Gasteiger partial charge < -0.3 is 14.9 Å². The smallest absolute Gasteiger partial charge is 0.300 e. The lowest BCUT2D eigenvalue weighted by molar-refractivity contribution is -0.134. The number of para-hydroxylation sites is 5. The summed E-state index contributed by atoms with van der Waals surface area (Å²) in [4.78, 5) is 70.4. The summed E-state index contributed by atoms with van der Waals surface area (Å²) in [5.74, 6) is -1.28. The van der Waals surface area contributed by atoms with E-state index in [1.807, 2.05) is 79.1 Å². The molecular formula is C76H62N8O5. The third-order valence-electron chi connectivity index (χ3n) is 15.7.